The van der Waals surface area contributed by atoms with Gasteiger partial charge < -0.3 is 15.2 Å². The lowest BCUT2D eigenvalue weighted by Gasteiger charge is -2.20. The Bertz CT molecular complexity index is 630. The molecule has 1 amide bonds. The van der Waals surface area contributed by atoms with Crippen LogP contribution in [0.15, 0.2) is 24.4 Å². The smallest absolute Gasteiger partial charge is 0.240 e. The summed E-state index contributed by atoms with van der Waals surface area (Å²) in [4.78, 5) is 17.0. The summed E-state index contributed by atoms with van der Waals surface area (Å²) in [5, 5.41) is 6.46. The number of rotatable bonds is 5. The van der Waals surface area contributed by atoms with E-state index in [4.69, 9.17) is 4.98 Å². The molecule has 3 rings (SSSR count). The monoisotopic (exact) mass is 314 g/mol. The van der Waals surface area contributed by atoms with Gasteiger partial charge in [-0.15, -0.1) is 0 Å². The zero-order chi connectivity index (χ0) is 16.2. The van der Waals surface area contributed by atoms with Gasteiger partial charge in [-0.25, -0.2) is 4.98 Å². The summed E-state index contributed by atoms with van der Waals surface area (Å²) in [6.07, 6.45) is 5.26. The third-order valence-corrected chi connectivity index (χ3v) is 4.66. The van der Waals surface area contributed by atoms with Crippen LogP contribution in [0.5, 0.6) is 0 Å². The van der Waals surface area contributed by atoms with Gasteiger partial charge in [0.1, 0.15) is 12.4 Å². The van der Waals surface area contributed by atoms with Gasteiger partial charge in [-0.3, -0.25) is 4.79 Å². The number of nitrogens with zero attached hydrogens (tertiary/aromatic N) is 2. The van der Waals surface area contributed by atoms with E-state index in [9.17, 15) is 4.79 Å². The Kier molecular flexibility index (Phi) is 4.96. The Hall–Kier alpha value is -1.88. The third kappa shape index (κ3) is 3.72. The van der Waals surface area contributed by atoms with Crippen LogP contribution in [0.4, 0.5) is 0 Å². The predicted octanol–water partition coefficient (Wildman–Crippen LogP) is 2.37. The van der Waals surface area contributed by atoms with E-state index in [0.717, 1.165) is 36.6 Å². The van der Waals surface area contributed by atoms with Crippen LogP contribution in [0.1, 0.15) is 44.7 Å². The third-order valence-electron chi connectivity index (χ3n) is 4.66. The van der Waals surface area contributed by atoms with Crippen LogP contribution >= 0.6 is 0 Å². The number of hydrogen-bond acceptors (Lipinski definition) is 3. The highest BCUT2D eigenvalue weighted by atomic mass is 16.2. The van der Waals surface area contributed by atoms with Crippen molar-refractivity contribution < 1.29 is 4.79 Å². The van der Waals surface area contributed by atoms with E-state index in [1.807, 2.05) is 23.8 Å². The molecule has 1 saturated heterocycles. The molecule has 3 aliphatic heterocycles. The Morgan fingerprint density at radius 1 is 1.57 bits per heavy atom. The summed E-state index contributed by atoms with van der Waals surface area (Å²) in [7, 11) is 0. The number of aromatic nitrogens is 2. The van der Waals surface area contributed by atoms with Crippen molar-refractivity contribution in [3.63, 3.8) is 0 Å². The second kappa shape index (κ2) is 7.13. The summed E-state index contributed by atoms with van der Waals surface area (Å²) < 4.78 is 1.95. The van der Waals surface area contributed by atoms with Gasteiger partial charge in [0, 0.05) is 36.0 Å². The molecule has 0 aliphatic carbocycles. The van der Waals surface area contributed by atoms with Crippen molar-refractivity contribution in [1.82, 2.24) is 20.2 Å². The maximum Gasteiger partial charge on any atom is 0.240 e. The Balaban J connectivity index is 1.78. The van der Waals surface area contributed by atoms with Gasteiger partial charge in [-0.2, -0.15) is 0 Å². The Labute approximate surface area is 137 Å². The lowest BCUT2D eigenvalue weighted by Crippen LogP contribution is -2.34. The van der Waals surface area contributed by atoms with Crippen molar-refractivity contribution in [2.24, 2.45) is 0 Å². The SMILES string of the molecule is CCC(C)NC(=O)Cn1cccc2cc(C3CCCNC3)nc1-2. The molecule has 0 radical (unpaired) electrons. The lowest BCUT2D eigenvalue weighted by atomic mass is 9.96. The van der Waals surface area contributed by atoms with Crippen LogP contribution in [0.3, 0.4) is 0 Å². The normalized spacial score (nSPS) is 19.7. The molecule has 124 valence electrons. The first kappa shape index (κ1) is 16.0. The van der Waals surface area contributed by atoms with E-state index in [0.29, 0.717) is 12.5 Å². The molecule has 0 bridgehead atoms. The maximum atomic E-state index is 12.2. The van der Waals surface area contributed by atoms with E-state index in [1.54, 1.807) is 0 Å². The van der Waals surface area contributed by atoms with Gasteiger partial charge in [0.15, 0.2) is 0 Å². The summed E-state index contributed by atoms with van der Waals surface area (Å²) in [5.74, 6) is 1.44. The van der Waals surface area contributed by atoms with Gasteiger partial charge in [-0.1, -0.05) is 6.92 Å². The van der Waals surface area contributed by atoms with Crippen molar-refractivity contribution in [1.29, 1.82) is 0 Å². The summed E-state index contributed by atoms with van der Waals surface area (Å²) in [6.45, 7) is 6.52. The first-order valence-electron chi connectivity index (χ1n) is 8.63. The van der Waals surface area contributed by atoms with Crippen molar-refractivity contribution in [3.05, 3.63) is 30.1 Å². The predicted molar refractivity (Wildman–Crippen MR) is 91.6 cm³/mol. The number of amides is 1. The van der Waals surface area contributed by atoms with Crippen LogP contribution < -0.4 is 10.6 Å². The maximum absolute atomic E-state index is 12.2. The highest BCUT2D eigenvalue weighted by Gasteiger charge is 2.21. The number of hydrogen-bond donors (Lipinski definition) is 2. The van der Waals surface area contributed by atoms with E-state index < -0.39 is 0 Å². The fraction of sp³-hybridized carbons (Fsp3) is 0.556. The van der Waals surface area contributed by atoms with E-state index in [1.165, 1.54) is 12.8 Å². The molecule has 2 N–H and O–H groups in total. The van der Waals surface area contributed by atoms with E-state index >= 15 is 0 Å². The molecule has 1 fully saturated rings. The molecule has 5 heteroatoms. The van der Waals surface area contributed by atoms with Gasteiger partial charge in [0.25, 0.3) is 0 Å². The molecule has 3 heterocycles. The van der Waals surface area contributed by atoms with Crippen LogP contribution in [-0.2, 0) is 11.3 Å². The van der Waals surface area contributed by atoms with Crippen molar-refractivity contribution in [2.75, 3.05) is 13.1 Å². The van der Waals surface area contributed by atoms with E-state index in [2.05, 4.69) is 29.7 Å². The van der Waals surface area contributed by atoms with Crippen LogP contribution in [0.2, 0.25) is 0 Å². The van der Waals surface area contributed by atoms with Crippen LogP contribution in [0.25, 0.3) is 11.4 Å². The first-order chi connectivity index (χ1) is 11.2. The van der Waals surface area contributed by atoms with Gasteiger partial charge in [-0.05, 0) is 50.9 Å². The van der Waals surface area contributed by atoms with Crippen molar-refractivity contribution in [3.8, 4) is 11.4 Å². The zero-order valence-corrected chi connectivity index (χ0v) is 14.0. The van der Waals surface area contributed by atoms with Crippen LogP contribution in [0, 0.1) is 0 Å². The van der Waals surface area contributed by atoms with E-state index in [-0.39, 0.29) is 11.9 Å². The molecule has 23 heavy (non-hydrogen) atoms. The molecule has 3 aliphatic rings. The van der Waals surface area contributed by atoms with Crippen LogP contribution in [-0.4, -0.2) is 34.6 Å². The highest BCUT2D eigenvalue weighted by Crippen LogP contribution is 2.29. The minimum Gasteiger partial charge on any atom is -0.352 e. The van der Waals surface area contributed by atoms with Gasteiger partial charge in [0.2, 0.25) is 5.91 Å². The topological polar surface area (TPSA) is 59.0 Å². The fourth-order valence-corrected chi connectivity index (χ4v) is 3.14. The van der Waals surface area contributed by atoms with Crippen molar-refractivity contribution in [2.45, 2.75) is 51.6 Å². The molecule has 2 atom stereocenters. The number of piperidine rings is 1. The number of nitrogens with one attached hydrogen (secondary N) is 2. The average Bonchev–Trinajstić information content (AvgIpc) is 3.01. The molecule has 0 aromatic rings. The fourth-order valence-electron chi connectivity index (χ4n) is 3.14. The molecule has 0 aromatic heterocycles. The second-order valence-corrected chi connectivity index (χ2v) is 6.52. The molecule has 5 nitrogen and oxygen atoms in total. The molecule has 0 aromatic carbocycles. The standard InChI is InChI=1S/C18H26N4O/c1-3-13(2)20-17(23)12-22-9-5-7-14-10-16(21-18(14)22)15-6-4-8-19-11-15/h5,7,9-10,13,15,19H,3-4,6,8,11-12H2,1-2H3,(H,20,23). The number of fused-ring (bicyclic) bond motifs is 1. The largest absolute Gasteiger partial charge is 0.352 e. The molecular formula is C18H26N4O. The molecule has 0 saturated carbocycles. The molecule has 2 unspecified atom stereocenters. The first-order valence-corrected chi connectivity index (χ1v) is 8.63. The molecule has 0 spiro atoms. The Morgan fingerprint density at radius 2 is 2.43 bits per heavy atom. The second-order valence-electron chi connectivity index (χ2n) is 6.52. The quantitative estimate of drug-likeness (QED) is 0.891. The number of pyridine rings is 1. The zero-order valence-electron chi connectivity index (χ0n) is 14.0. The molecular weight excluding hydrogens is 288 g/mol. The number of carbonyl (C=O) groups excluding carboxylic acids is 1. The highest BCUT2D eigenvalue weighted by molar-refractivity contribution is 5.77. The average molecular weight is 314 g/mol. The van der Waals surface area contributed by atoms with Gasteiger partial charge in [0.05, 0.1) is 0 Å². The Morgan fingerprint density at radius 3 is 3.17 bits per heavy atom. The lowest BCUT2D eigenvalue weighted by molar-refractivity contribution is -0.122. The minimum atomic E-state index is 0.0423. The number of carbonyl (C=O) groups is 1. The van der Waals surface area contributed by atoms with Crippen molar-refractivity contribution >= 4 is 5.91 Å². The van der Waals surface area contributed by atoms with Gasteiger partial charge >= 0.3 is 0 Å². The minimum absolute atomic E-state index is 0.0423. The summed E-state index contributed by atoms with van der Waals surface area (Å²) in [5.41, 5.74) is 2.26. The summed E-state index contributed by atoms with van der Waals surface area (Å²) >= 11 is 0. The summed E-state index contributed by atoms with van der Waals surface area (Å²) in [6, 6.07) is 6.45.